The molecule has 0 aromatic carbocycles. The van der Waals surface area contributed by atoms with Crippen LogP contribution >= 0.6 is 0 Å². The van der Waals surface area contributed by atoms with Gasteiger partial charge < -0.3 is 5.32 Å². The first-order chi connectivity index (χ1) is 17.3. The van der Waals surface area contributed by atoms with Gasteiger partial charge in [0.2, 0.25) is 0 Å². The van der Waals surface area contributed by atoms with Gasteiger partial charge in [0.25, 0.3) is 0 Å². The van der Waals surface area contributed by atoms with Gasteiger partial charge in [-0.05, 0) is 24.3 Å². The van der Waals surface area contributed by atoms with Crippen molar-refractivity contribution in [2.24, 2.45) is 0 Å². The van der Waals surface area contributed by atoms with Crippen molar-refractivity contribution in [3.05, 3.63) is 49.1 Å². The smallest absolute Gasteiger partial charge is 0.312 e. The highest BCUT2D eigenvalue weighted by Gasteiger charge is 2.48. The predicted octanol–water partition coefficient (Wildman–Crippen LogP) is 2.99. The molecule has 0 bridgehead atoms. The number of nitriles is 1. The van der Waals surface area contributed by atoms with Crippen LogP contribution in [0.2, 0.25) is 0 Å². The molecule has 2 aliphatic rings. The van der Waals surface area contributed by atoms with Crippen molar-refractivity contribution in [1.82, 2.24) is 39.7 Å². The van der Waals surface area contributed by atoms with E-state index in [0.29, 0.717) is 23.1 Å². The Balaban J connectivity index is 1.35. The fourth-order valence-electron chi connectivity index (χ4n) is 4.90. The van der Waals surface area contributed by atoms with Gasteiger partial charge in [-0.25, -0.2) is 4.98 Å². The van der Waals surface area contributed by atoms with Crippen LogP contribution in [0.1, 0.15) is 12.5 Å². The van der Waals surface area contributed by atoms with Crippen molar-refractivity contribution in [3.63, 3.8) is 0 Å². The number of hydrogen-bond acceptors (Lipinski definition) is 7. The first-order valence-electron chi connectivity index (χ1n) is 11.6. The highest BCUT2D eigenvalue weighted by atomic mass is 19.4. The van der Waals surface area contributed by atoms with Gasteiger partial charge in [-0.2, -0.15) is 28.6 Å². The third-order valence-corrected chi connectivity index (χ3v) is 6.80. The lowest BCUT2D eigenvalue weighted by Crippen LogP contribution is -2.64. The fraction of sp³-hybridized carbons (Fsp3) is 0.375. The maximum atomic E-state index is 12.8. The number of aromatic nitrogens is 6. The van der Waals surface area contributed by atoms with Gasteiger partial charge in [-0.1, -0.05) is 0 Å². The number of halogens is 3. The number of pyridine rings is 2. The average molecular weight is 493 g/mol. The maximum absolute atomic E-state index is 12.8. The molecule has 0 atom stereocenters. The molecule has 4 aromatic rings. The molecule has 0 spiro atoms. The summed E-state index contributed by atoms with van der Waals surface area (Å²) in [6.07, 6.45) is 2.96. The molecule has 0 amide bonds. The van der Waals surface area contributed by atoms with Crippen LogP contribution in [0, 0.1) is 11.3 Å². The number of nitrogens with zero attached hydrogens (tertiary/aromatic N) is 8. The highest BCUT2D eigenvalue weighted by Crippen LogP contribution is 2.36. The molecule has 12 heteroatoms. The van der Waals surface area contributed by atoms with Gasteiger partial charge in [0.1, 0.15) is 16.9 Å². The second kappa shape index (κ2) is 8.39. The normalized spacial score (nSPS) is 18.1. The molecule has 184 valence electrons. The molecule has 2 saturated heterocycles. The zero-order valence-corrected chi connectivity index (χ0v) is 19.2. The van der Waals surface area contributed by atoms with Gasteiger partial charge in [0, 0.05) is 55.7 Å². The number of likely N-dealkylation sites (tertiary alicyclic amines) is 1. The van der Waals surface area contributed by atoms with Crippen LogP contribution in [0.4, 0.5) is 13.2 Å². The number of alkyl halides is 3. The summed E-state index contributed by atoms with van der Waals surface area (Å²) in [5.74, 6) is 0. The van der Waals surface area contributed by atoms with E-state index in [1.807, 2.05) is 29.1 Å². The molecule has 0 saturated carbocycles. The summed E-state index contributed by atoms with van der Waals surface area (Å²) in [5, 5.41) is 22.6. The number of nitrogens with one attached hydrogen (secondary N) is 1. The van der Waals surface area contributed by atoms with E-state index in [-0.39, 0.29) is 19.5 Å². The van der Waals surface area contributed by atoms with Crippen molar-refractivity contribution in [3.8, 4) is 28.7 Å². The first-order valence-corrected chi connectivity index (χ1v) is 11.6. The molecule has 0 radical (unpaired) electrons. The molecule has 6 heterocycles. The Hall–Kier alpha value is -3.82. The molecule has 2 fully saturated rings. The zero-order valence-electron chi connectivity index (χ0n) is 19.2. The monoisotopic (exact) mass is 493 g/mol. The standard InChI is InChI=1S/C24H22F3N9/c25-24(26,27)15-34-13-23(14-34,4-5-28)36-7-3-19(33-36)22-18-2-1-6-30-21(18)8-20(32-22)16-9-31-35(12-16)17-10-29-11-17/h1-3,6-9,12,17,29H,4,10-11,13-15H2. The summed E-state index contributed by atoms with van der Waals surface area (Å²) >= 11 is 0. The van der Waals surface area contributed by atoms with E-state index in [9.17, 15) is 18.4 Å². The summed E-state index contributed by atoms with van der Waals surface area (Å²) < 4.78 is 42.1. The van der Waals surface area contributed by atoms with Gasteiger partial charge in [-0.15, -0.1) is 0 Å². The summed E-state index contributed by atoms with van der Waals surface area (Å²) in [6.45, 7) is 0.958. The predicted molar refractivity (Wildman–Crippen MR) is 125 cm³/mol. The average Bonchev–Trinajstić information content (AvgIpc) is 3.45. The van der Waals surface area contributed by atoms with Crippen LogP contribution in [0.5, 0.6) is 0 Å². The molecule has 0 unspecified atom stereocenters. The Bertz CT molecular complexity index is 1460. The van der Waals surface area contributed by atoms with Crippen molar-refractivity contribution < 1.29 is 13.2 Å². The Morgan fingerprint density at radius 3 is 2.75 bits per heavy atom. The van der Waals surface area contributed by atoms with E-state index < -0.39 is 18.3 Å². The topological polar surface area (TPSA) is 100 Å². The lowest BCUT2D eigenvalue weighted by atomic mass is 9.87. The van der Waals surface area contributed by atoms with Crippen LogP contribution in [0.3, 0.4) is 0 Å². The molecule has 9 nitrogen and oxygen atoms in total. The second-order valence-electron chi connectivity index (χ2n) is 9.41. The molecule has 0 aliphatic carbocycles. The Kier molecular flexibility index (Phi) is 5.27. The Morgan fingerprint density at radius 2 is 2.03 bits per heavy atom. The van der Waals surface area contributed by atoms with Crippen molar-refractivity contribution >= 4 is 10.9 Å². The molecule has 4 aromatic heterocycles. The third kappa shape index (κ3) is 4.00. The largest absolute Gasteiger partial charge is 0.401 e. The minimum atomic E-state index is -4.28. The first kappa shape index (κ1) is 22.6. The van der Waals surface area contributed by atoms with Gasteiger partial charge in [0.05, 0.1) is 42.5 Å². The minimum Gasteiger partial charge on any atom is -0.312 e. The third-order valence-electron chi connectivity index (χ3n) is 6.80. The van der Waals surface area contributed by atoms with E-state index in [4.69, 9.17) is 10.1 Å². The van der Waals surface area contributed by atoms with Crippen molar-refractivity contribution in [2.75, 3.05) is 32.7 Å². The van der Waals surface area contributed by atoms with E-state index in [1.165, 1.54) is 4.90 Å². The van der Waals surface area contributed by atoms with Gasteiger partial charge >= 0.3 is 6.18 Å². The fourth-order valence-corrected chi connectivity index (χ4v) is 4.90. The molecule has 36 heavy (non-hydrogen) atoms. The van der Waals surface area contributed by atoms with E-state index in [1.54, 1.807) is 29.3 Å². The van der Waals surface area contributed by atoms with Crippen LogP contribution in [-0.2, 0) is 5.54 Å². The zero-order chi connectivity index (χ0) is 24.9. The summed E-state index contributed by atoms with van der Waals surface area (Å²) in [4.78, 5) is 10.7. The van der Waals surface area contributed by atoms with Gasteiger partial charge in [0.15, 0.2) is 0 Å². The Morgan fingerprint density at radius 1 is 1.19 bits per heavy atom. The molecular formula is C24H22F3N9. The molecule has 6 rings (SSSR count). The van der Waals surface area contributed by atoms with Crippen molar-refractivity contribution in [2.45, 2.75) is 24.2 Å². The molecule has 1 N–H and O–H groups in total. The van der Waals surface area contributed by atoms with Crippen LogP contribution in [0.15, 0.2) is 49.1 Å². The highest BCUT2D eigenvalue weighted by molar-refractivity contribution is 5.93. The van der Waals surface area contributed by atoms with E-state index in [2.05, 4.69) is 21.5 Å². The summed E-state index contributed by atoms with van der Waals surface area (Å²) in [5.41, 5.74) is 2.69. The summed E-state index contributed by atoms with van der Waals surface area (Å²) in [7, 11) is 0. The number of hydrogen-bond donors (Lipinski definition) is 1. The van der Waals surface area contributed by atoms with E-state index in [0.717, 1.165) is 29.6 Å². The quantitative estimate of drug-likeness (QED) is 0.441. The maximum Gasteiger partial charge on any atom is 0.401 e. The number of fused-ring (bicyclic) bond motifs is 1. The lowest BCUT2D eigenvalue weighted by Gasteiger charge is -2.49. The molecular weight excluding hydrogens is 471 g/mol. The van der Waals surface area contributed by atoms with Crippen LogP contribution in [0.25, 0.3) is 33.5 Å². The van der Waals surface area contributed by atoms with Crippen LogP contribution in [-0.4, -0.2) is 73.3 Å². The van der Waals surface area contributed by atoms with Gasteiger partial charge in [-0.3, -0.25) is 19.2 Å². The second-order valence-corrected chi connectivity index (χ2v) is 9.41. The Labute approximate surface area is 204 Å². The van der Waals surface area contributed by atoms with Crippen molar-refractivity contribution in [1.29, 1.82) is 5.26 Å². The lowest BCUT2D eigenvalue weighted by molar-refractivity contribution is -0.167. The SMILES string of the molecule is N#CCC1(n2ccc(-c3nc(-c4cnn(C5CNC5)c4)cc4ncccc34)n2)CN(CC(F)(F)F)C1. The summed E-state index contributed by atoms with van der Waals surface area (Å²) in [6, 6.07) is 9.87. The minimum absolute atomic E-state index is 0.0630. The molecule has 2 aliphatic heterocycles. The van der Waals surface area contributed by atoms with E-state index >= 15 is 0 Å². The number of rotatable bonds is 6. The van der Waals surface area contributed by atoms with Crippen LogP contribution < -0.4 is 5.32 Å².